The summed E-state index contributed by atoms with van der Waals surface area (Å²) in [4.78, 5) is 12.2. The highest BCUT2D eigenvalue weighted by molar-refractivity contribution is 6.35. The summed E-state index contributed by atoms with van der Waals surface area (Å²) in [6, 6.07) is 10.9. The maximum Gasteiger partial charge on any atom is 0.259 e. The largest absolute Gasteiger partial charge is 0.398 e. The summed E-state index contributed by atoms with van der Waals surface area (Å²) in [6.45, 7) is 3.96. The number of hydrogen-bond donors (Lipinski definition) is 2. The van der Waals surface area contributed by atoms with Gasteiger partial charge in [-0.3, -0.25) is 4.79 Å². The number of rotatable bonds is 2. The minimum absolute atomic E-state index is 0.298. The van der Waals surface area contributed by atoms with Crippen LogP contribution in [0.3, 0.4) is 0 Å². The lowest BCUT2D eigenvalue weighted by Gasteiger charge is -2.10. The fraction of sp³-hybridized carbons (Fsp3) is 0.133. The number of nitrogen functional groups attached to an aromatic ring is 1. The lowest BCUT2D eigenvalue weighted by Crippen LogP contribution is -2.14. The summed E-state index contributed by atoms with van der Waals surface area (Å²) in [7, 11) is 0. The lowest BCUT2D eigenvalue weighted by atomic mass is 10.1. The highest BCUT2D eigenvalue weighted by atomic mass is 35.5. The molecule has 4 heteroatoms. The smallest absolute Gasteiger partial charge is 0.259 e. The van der Waals surface area contributed by atoms with E-state index in [4.69, 9.17) is 17.3 Å². The molecule has 0 radical (unpaired) electrons. The number of halogens is 1. The van der Waals surface area contributed by atoms with Crippen LogP contribution >= 0.6 is 11.6 Å². The van der Waals surface area contributed by atoms with Gasteiger partial charge in [0.15, 0.2) is 0 Å². The molecule has 0 saturated heterocycles. The Kier molecular flexibility index (Phi) is 3.76. The number of amides is 1. The molecular weight excluding hydrogens is 260 g/mol. The molecule has 0 aliphatic carbocycles. The van der Waals surface area contributed by atoms with E-state index in [0.717, 1.165) is 16.8 Å². The summed E-state index contributed by atoms with van der Waals surface area (Å²) in [5.41, 5.74) is 9.38. The predicted molar refractivity (Wildman–Crippen MR) is 79.7 cm³/mol. The van der Waals surface area contributed by atoms with E-state index in [1.165, 1.54) is 0 Å². The van der Waals surface area contributed by atoms with Crippen molar-refractivity contribution < 1.29 is 4.79 Å². The number of hydrogen-bond acceptors (Lipinski definition) is 2. The van der Waals surface area contributed by atoms with Crippen LogP contribution in [0.4, 0.5) is 11.4 Å². The van der Waals surface area contributed by atoms with Crippen molar-refractivity contribution in [2.45, 2.75) is 13.8 Å². The average molecular weight is 275 g/mol. The fourth-order valence-electron chi connectivity index (χ4n) is 2.02. The number of anilines is 2. The van der Waals surface area contributed by atoms with Crippen LogP contribution < -0.4 is 11.1 Å². The average Bonchev–Trinajstić information content (AvgIpc) is 2.26. The summed E-state index contributed by atoms with van der Waals surface area (Å²) in [6.07, 6.45) is 0. The lowest BCUT2D eigenvalue weighted by molar-refractivity contribution is 0.102. The maximum atomic E-state index is 12.2. The molecule has 2 aromatic carbocycles. The number of aryl methyl sites for hydroxylation is 2. The van der Waals surface area contributed by atoms with Crippen LogP contribution in [0.5, 0.6) is 0 Å². The zero-order chi connectivity index (χ0) is 14.0. The Morgan fingerprint density at radius 1 is 1.16 bits per heavy atom. The van der Waals surface area contributed by atoms with E-state index in [2.05, 4.69) is 5.32 Å². The third-order valence-electron chi connectivity index (χ3n) is 2.75. The highest BCUT2D eigenvalue weighted by Gasteiger charge is 2.14. The van der Waals surface area contributed by atoms with Gasteiger partial charge >= 0.3 is 0 Å². The van der Waals surface area contributed by atoms with Crippen molar-refractivity contribution in [1.29, 1.82) is 0 Å². The molecule has 0 aliphatic heterocycles. The van der Waals surface area contributed by atoms with Crippen LogP contribution in [0.15, 0.2) is 36.4 Å². The van der Waals surface area contributed by atoms with Crippen molar-refractivity contribution in [3.05, 3.63) is 58.1 Å². The molecule has 2 rings (SSSR count). The van der Waals surface area contributed by atoms with Crippen LogP contribution in [0.2, 0.25) is 5.02 Å². The SMILES string of the molecule is Cc1cc(C)cc(NC(=O)c2c(N)cccc2Cl)c1. The van der Waals surface area contributed by atoms with Gasteiger partial charge in [0.05, 0.1) is 10.6 Å². The Balaban J connectivity index is 2.31. The Bertz CT molecular complexity index is 598. The molecule has 3 N–H and O–H groups in total. The first-order valence-corrected chi connectivity index (χ1v) is 6.29. The molecule has 0 heterocycles. The van der Waals surface area contributed by atoms with Gasteiger partial charge in [-0.25, -0.2) is 0 Å². The van der Waals surface area contributed by atoms with E-state index >= 15 is 0 Å². The Hall–Kier alpha value is -2.00. The normalized spacial score (nSPS) is 10.3. The summed E-state index contributed by atoms with van der Waals surface area (Å²) in [5.74, 6) is -0.298. The molecule has 98 valence electrons. The van der Waals surface area contributed by atoms with Crippen molar-refractivity contribution in [3.63, 3.8) is 0 Å². The summed E-state index contributed by atoms with van der Waals surface area (Å²) >= 11 is 6.01. The Morgan fingerprint density at radius 3 is 2.37 bits per heavy atom. The first-order chi connectivity index (χ1) is 8.97. The minimum Gasteiger partial charge on any atom is -0.398 e. The highest BCUT2D eigenvalue weighted by Crippen LogP contribution is 2.23. The molecule has 1 amide bonds. The van der Waals surface area contributed by atoms with E-state index in [-0.39, 0.29) is 5.91 Å². The molecule has 2 aromatic rings. The summed E-state index contributed by atoms with van der Waals surface area (Å²) < 4.78 is 0. The van der Waals surface area contributed by atoms with Crippen molar-refractivity contribution in [2.24, 2.45) is 0 Å². The van der Waals surface area contributed by atoms with Crippen LogP contribution in [-0.4, -0.2) is 5.91 Å². The van der Waals surface area contributed by atoms with Gasteiger partial charge in [0, 0.05) is 11.4 Å². The molecular formula is C15H15ClN2O. The monoisotopic (exact) mass is 274 g/mol. The van der Waals surface area contributed by atoms with Gasteiger partial charge in [-0.15, -0.1) is 0 Å². The first kappa shape index (κ1) is 13.4. The van der Waals surface area contributed by atoms with E-state index in [9.17, 15) is 4.79 Å². The van der Waals surface area contributed by atoms with E-state index < -0.39 is 0 Å². The Morgan fingerprint density at radius 2 is 1.79 bits per heavy atom. The maximum absolute atomic E-state index is 12.2. The molecule has 0 unspecified atom stereocenters. The molecule has 0 saturated carbocycles. The molecule has 0 bridgehead atoms. The Labute approximate surface area is 117 Å². The molecule has 0 spiro atoms. The van der Waals surface area contributed by atoms with Gasteiger partial charge in [-0.2, -0.15) is 0 Å². The number of benzene rings is 2. The third-order valence-corrected chi connectivity index (χ3v) is 3.07. The van der Waals surface area contributed by atoms with Gasteiger partial charge in [0.2, 0.25) is 0 Å². The molecule has 19 heavy (non-hydrogen) atoms. The second kappa shape index (κ2) is 5.33. The molecule has 0 atom stereocenters. The molecule has 0 aliphatic rings. The van der Waals surface area contributed by atoms with Crippen LogP contribution in [0.1, 0.15) is 21.5 Å². The van der Waals surface area contributed by atoms with Gasteiger partial charge in [-0.1, -0.05) is 23.7 Å². The molecule has 0 aromatic heterocycles. The van der Waals surface area contributed by atoms with Crippen LogP contribution in [0, 0.1) is 13.8 Å². The predicted octanol–water partition coefficient (Wildman–Crippen LogP) is 3.79. The van der Waals surface area contributed by atoms with Crippen molar-refractivity contribution >= 4 is 28.9 Å². The second-order valence-electron chi connectivity index (χ2n) is 4.53. The van der Waals surface area contributed by atoms with Crippen molar-refractivity contribution in [2.75, 3.05) is 11.1 Å². The van der Waals surface area contributed by atoms with E-state index in [1.807, 2.05) is 32.0 Å². The van der Waals surface area contributed by atoms with Crippen LogP contribution in [0.25, 0.3) is 0 Å². The van der Waals surface area contributed by atoms with Gasteiger partial charge in [-0.05, 0) is 49.2 Å². The minimum atomic E-state index is -0.298. The fourth-order valence-corrected chi connectivity index (χ4v) is 2.29. The molecule has 3 nitrogen and oxygen atoms in total. The first-order valence-electron chi connectivity index (χ1n) is 5.91. The van der Waals surface area contributed by atoms with E-state index in [0.29, 0.717) is 16.3 Å². The number of nitrogens with two attached hydrogens (primary N) is 1. The van der Waals surface area contributed by atoms with Gasteiger partial charge in [0.25, 0.3) is 5.91 Å². The molecule has 0 fully saturated rings. The van der Waals surface area contributed by atoms with Gasteiger partial charge in [0.1, 0.15) is 0 Å². The third kappa shape index (κ3) is 3.06. The van der Waals surface area contributed by atoms with Crippen molar-refractivity contribution in [3.8, 4) is 0 Å². The zero-order valence-electron chi connectivity index (χ0n) is 10.8. The van der Waals surface area contributed by atoms with Gasteiger partial charge < -0.3 is 11.1 Å². The standard InChI is InChI=1S/C15H15ClN2O/c1-9-6-10(2)8-11(7-9)18-15(19)14-12(16)4-3-5-13(14)17/h3-8H,17H2,1-2H3,(H,18,19). The second-order valence-corrected chi connectivity index (χ2v) is 4.94. The van der Waals surface area contributed by atoms with E-state index in [1.54, 1.807) is 18.2 Å². The van der Waals surface area contributed by atoms with Crippen LogP contribution in [-0.2, 0) is 0 Å². The number of carbonyl (C=O) groups is 1. The quantitative estimate of drug-likeness (QED) is 0.819. The number of carbonyl (C=O) groups excluding carboxylic acids is 1. The zero-order valence-corrected chi connectivity index (χ0v) is 11.6. The summed E-state index contributed by atoms with van der Waals surface area (Å²) in [5, 5.41) is 3.17. The van der Waals surface area contributed by atoms with Crippen molar-refractivity contribution in [1.82, 2.24) is 0 Å². The topological polar surface area (TPSA) is 55.1 Å². The number of nitrogens with one attached hydrogen (secondary N) is 1.